The molecule has 5 nitrogen and oxygen atoms in total. The van der Waals surface area contributed by atoms with Crippen molar-refractivity contribution in [2.45, 2.75) is 0 Å². The molecule has 0 radical (unpaired) electrons. The summed E-state index contributed by atoms with van der Waals surface area (Å²) in [4.78, 5) is 36.1. The molecule has 0 atom stereocenters. The number of anilines is 1. The Labute approximate surface area is 164 Å². The zero-order valence-electron chi connectivity index (χ0n) is 15.0. The van der Waals surface area contributed by atoms with E-state index in [1.54, 1.807) is 30.3 Å². The van der Waals surface area contributed by atoms with Gasteiger partial charge in [-0.3, -0.25) is 9.59 Å². The molecule has 0 aromatic heterocycles. The van der Waals surface area contributed by atoms with Gasteiger partial charge >= 0.3 is 5.97 Å². The van der Waals surface area contributed by atoms with Crippen molar-refractivity contribution in [1.82, 2.24) is 0 Å². The number of rotatable bonds is 6. The first kappa shape index (κ1) is 19.9. The maximum Gasteiger partial charge on any atom is 0.338 e. The van der Waals surface area contributed by atoms with Crippen molar-refractivity contribution < 1.29 is 27.9 Å². The topological polar surface area (TPSA) is 72.5 Å². The van der Waals surface area contributed by atoms with Crippen LogP contribution in [0.25, 0.3) is 0 Å². The number of esters is 1. The van der Waals surface area contributed by atoms with Gasteiger partial charge in [0, 0.05) is 22.9 Å². The highest BCUT2D eigenvalue weighted by molar-refractivity contribution is 6.04. The molecule has 0 aliphatic carbocycles. The third-order valence-corrected chi connectivity index (χ3v) is 3.93. The first-order valence-electron chi connectivity index (χ1n) is 8.55. The van der Waals surface area contributed by atoms with Gasteiger partial charge in [-0.2, -0.15) is 0 Å². The monoisotopic (exact) mass is 395 g/mol. The molecule has 1 N–H and O–H groups in total. The van der Waals surface area contributed by atoms with Crippen molar-refractivity contribution in [3.05, 3.63) is 101 Å². The molecule has 3 rings (SSSR count). The average molecular weight is 395 g/mol. The summed E-state index contributed by atoms with van der Waals surface area (Å²) in [5, 5.41) is 2.70. The Morgan fingerprint density at radius 2 is 1.38 bits per heavy atom. The normalized spacial score (nSPS) is 10.3. The van der Waals surface area contributed by atoms with E-state index >= 15 is 0 Å². The van der Waals surface area contributed by atoms with E-state index in [2.05, 4.69) is 5.32 Å². The molecule has 146 valence electrons. The summed E-state index contributed by atoms with van der Waals surface area (Å²) < 4.78 is 31.1. The number of hydrogen-bond acceptors (Lipinski definition) is 4. The zero-order chi connectivity index (χ0) is 20.8. The van der Waals surface area contributed by atoms with Crippen molar-refractivity contribution in [2.75, 3.05) is 11.9 Å². The Kier molecular flexibility index (Phi) is 6.09. The molecule has 0 unspecified atom stereocenters. The molecule has 3 aromatic rings. The van der Waals surface area contributed by atoms with Crippen molar-refractivity contribution in [2.24, 2.45) is 0 Å². The quantitative estimate of drug-likeness (QED) is 0.500. The summed E-state index contributed by atoms with van der Waals surface area (Å²) in [6.45, 7) is -0.591. The van der Waals surface area contributed by atoms with E-state index < -0.39 is 30.0 Å². The number of hydrogen-bond donors (Lipinski definition) is 1. The smallest absolute Gasteiger partial charge is 0.338 e. The summed E-state index contributed by atoms with van der Waals surface area (Å²) in [7, 11) is 0. The van der Waals surface area contributed by atoms with Gasteiger partial charge < -0.3 is 10.1 Å². The molecule has 3 aromatic carbocycles. The number of benzene rings is 3. The Bertz CT molecular complexity index is 1030. The first-order valence-corrected chi connectivity index (χ1v) is 8.55. The van der Waals surface area contributed by atoms with Gasteiger partial charge in [0.15, 0.2) is 12.4 Å². The van der Waals surface area contributed by atoms with Crippen LogP contribution < -0.4 is 5.32 Å². The van der Waals surface area contributed by atoms with E-state index in [9.17, 15) is 23.2 Å². The lowest BCUT2D eigenvalue weighted by Crippen LogP contribution is -2.15. The van der Waals surface area contributed by atoms with Crippen LogP contribution in [0.2, 0.25) is 0 Å². The van der Waals surface area contributed by atoms with Gasteiger partial charge in [0.05, 0.1) is 5.56 Å². The summed E-state index contributed by atoms with van der Waals surface area (Å²) >= 11 is 0. The summed E-state index contributed by atoms with van der Waals surface area (Å²) in [6, 6.07) is 16.9. The van der Waals surface area contributed by atoms with Gasteiger partial charge in [-0.25, -0.2) is 13.6 Å². The number of Topliss-reactive ketones (excluding diaryl/α,β-unsaturated/α-hetero) is 1. The van der Waals surface area contributed by atoms with Crippen LogP contribution in [0, 0.1) is 11.6 Å². The fourth-order valence-electron chi connectivity index (χ4n) is 2.50. The first-order chi connectivity index (χ1) is 13.9. The molecule has 0 bridgehead atoms. The maximum atomic E-state index is 13.1. The van der Waals surface area contributed by atoms with Crippen LogP contribution in [0.1, 0.15) is 31.1 Å². The van der Waals surface area contributed by atoms with Gasteiger partial charge in [0.2, 0.25) is 0 Å². The number of amides is 1. The van der Waals surface area contributed by atoms with Gasteiger partial charge in [0.1, 0.15) is 11.6 Å². The van der Waals surface area contributed by atoms with E-state index in [-0.39, 0.29) is 17.0 Å². The zero-order valence-corrected chi connectivity index (χ0v) is 15.0. The molecule has 0 spiro atoms. The Balaban J connectivity index is 1.57. The summed E-state index contributed by atoms with van der Waals surface area (Å²) in [6.07, 6.45) is 0. The predicted octanol–water partition coefficient (Wildman–Crippen LogP) is 4.26. The van der Waals surface area contributed by atoms with Crippen molar-refractivity contribution in [1.29, 1.82) is 0 Å². The number of ketones is 1. The number of ether oxygens (including phenoxy) is 1. The molecule has 0 aliphatic heterocycles. The lowest BCUT2D eigenvalue weighted by molar-refractivity contribution is 0.0474. The molecular weight excluding hydrogens is 380 g/mol. The molecule has 1 amide bonds. The summed E-state index contributed by atoms with van der Waals surface area (Å²) in [5.41, 5.74) is 0.909. The standard InChI is InChI=1S/C22H15F2NO4/c23-17-10-16(11-18(24)12-17)22(28)29-13-20(26)14-6-8-19(9-7-14)25-21(27)15-4-2-1-3-5-15/h1-12H,13H2,(H,25,27). The number of nitrogens with one attached hydrogen (secondary N) is 1. The second-order valence-electron chi connectivity index (χ2n) is 6.05. The fraction of sp³-hybridized carbons (Fsp3) is 0.0455. The average Bonchev–Trinajstić information content (AvgIpc) is 2.72. The molecule has 0 saturated heterocycles. The highest BCUT2D eigenvalue weighted by atomic mass is 19.1. The highest BCUT2D eigenvalue weighted by Crippen LogP contribution is 2.13. The van der Waals surface area contributed by atoms with E-state index in [0.29, 0.717) is 17.3 Å². The molecule has 0 aliphatic rings. The van der Waals surface area contributed by atoms with E-state index in [1.807, 2.05) is 0 Å². The van der Waals surface area contributed by atoms with Crippen LogP contribution in [0.3, 0.4) is 0 Å². The van der Waals surface area contributed by atoms with Crippen molar-refractivity contribution in [3.63, 3.8) is 0 Å². The Morgan fingerprint density at radius 1 is 0.759 bits per heavy atom. The third kappa shape index (κ3) is 5.32. The molecule has 7 heteroatoms. The van der Waals surface area contributed by atoms with E-state index in [1.165, 1.54) is 24.3 Å². The van der Waals surface area contributed by atoms with Crippen LogP contribution in [0.5, 0.6) is 0 Å². The largest absolute Gasteiger partial charge is 0.454 e. The number of carbonyl (C=O) groups excluding carboxylic acids is 3. The maximum absolute atomic E-state index is 13.1. The minimum absolute atomic E-state index is 0.251. The predicted molar refractivity (Wildman–Crippen MR) is 102 cm³/mol. The minimum atomic E-state index is -1.01. The fourth-order valence-corrected chi connectivity index (χ4v) is 2.50. The molecular formula is C22H15F2NO4. The van der Waals surface area contributed by atoms with Gasteiger partial charge in [-0.15, -0.1) is 0 Å². The lowest BCUT2D eigenvalue weighted by atomic mass is 10.1. The lowest BCUT2D eigenvalue weighted by Gasteiger charge is -2.07. The van der Waals surface area contributed by atoms with Crippen molar-refractivity contribution in [3.8, 4) is 0 Å². The number of halogens is 2. The van der Waals surface area contributed by atoms with Crippen LogP contribution in [-0.4, -0.2) is 24.3 Å². The van der Waals surface area contributed by atoms with Crippen LogP contribution >= 0.6 is 0 Å². The Hall–Kier alpha value is -3.87. The second-order valence-corrected chi connectivity index (χ2v) is 6.05. The highest BCUT2D eigenvalue weighted by Gasteiger charge is 2.14. The van der Waals surface area contributed by atoms with E-state index in [0.717, 1.165) is 12.1 Å². The van der Waals surface area contributed by atoms with Gasteiger partial charge in [-0.1, -0.05) is 18.2 Å². The van der Waals surface area contributed by atoms with Gasteiger partial charge in [-0.05, 0) is 48.5 Å². The van der Waals surface area contributed by atoms with Crippen LogP contribution in [0.4, 0.5) is 14.5 Å². The summed E-state index contributed by atoms with van der Waals surface area (Å²) in [5.74, 6) is -3.64. The number of carbonyl (C=O) groups is 3. The van der Waals surface area contributed by atoms with Crippen molar-refractivity contribution >= 4 is 23.3 Å². The molecule has 0 fully saturated rings. The SMILES string of the molecule is O=C(COC(=O)c1cc(F)cc(F)c1)c1ccc(NC(=O)c2ccccc2)cc1. The van der Waals surface area contributed by atoms with Crippen LogP contribution in [-0.2, 0) is 4.74 Å². The third-order valence-electron chi connectivity index (χ3n) is 3.93. The van der Waals surface area contributed by atoms with Crippen LogP contribution in [0.15, 0.2) is 72.8 Å². The second kappa shape index (κ2) is 8.88. The van der Waals surface area contributed by atoms with Gasteiger partial charge in [0.25, 0.3) is 5.91 Å². The Morgan fingerprint density at radius 3 is 2.00 bits per heavy atom. The molecule has 0 heterocycles. The molecule has 0 saturated carbocycles. The minimum Gasteiger partial charge on any atom is -0.454 e. The molecule has 29 heavy (non-hydrogen) atoms. The van der Waals surface area contributed by atoms with E-state index in [4.69, 9.17) is 4.74 Å².